The van der Waals surface area contributed by atoms with Gasteiger partial charge in [-0.25, -0.2) is 9.18 Å². The van der Waals surface area contributed by atoms with Crippen molar-refractivity contribution >= 4 is 56.9 Å². The molecule has 4 aromatic rings. The van der Waals surface area contributed by atoms with Crippen molar-refractivity contribution in [3.63, 3.8) is 0 Å². The molecule has 3 N–H and O–H groups in total. The van der Waals surface area contributed by atoms with E-state index in [0.717, 1.165) is 17.4 Å². The van der Waals surface area contributed by atoms with E-state index in [1.807, 2.05) is 0 Å². The molecular weight excluding hydrogens is 379 g/mol. The van der Waals surface area contributed by atoms with Crippen LogP contribution in [0.4, 0.5) is 10.1 Å². The zero-order valence-corrected chi connectivity index (χ0v) is 14.6. The van der Waals surface area contributed by atoms with Crippen molar-refractivity contribution in [2.45, 2.75) is 0 Å². The summed E-state index contributed by atoms with van der Waals surface area (Å²) >= 11 is 7.55. The Labute approximate surface area is 154 Å². The molecule has 0 fully saturated rings. The summed E-state index contributed by atoms with van der Waals surface area (Å²) in [4.78, 5) is 24.3. The van der Waals surface area contributed by atoms with Crippen LogP contribution >= 0.6 is 22.9 Å². The Morgan fingerprint density at radius 2 is 1.96 bits per heavy atom. The molecule has 0 saturated carbocycles. The van der Waals surface area contributed by atoms with Crippen LogP contribution in [0.15, 0.2) is 35.1 Å². The molecule has 0 radical (unpaired) electrons. The summed E-state index contributed by atoms with van der Waals surface area (Å²) in [6.45, 7) is 3.82. The van der Waals surface area contributed by atoms with Crippen molar-refractivity contribution in [2.24, 2.45) is 0 Å². The number of hydrogen-bond acceptors (Lipinski definition) is 4. The molecule has 5 nitrogen and oxygen atoms in total. The summed E-state index contributed by atoms with van der Waals surface area (Å²) in [5.41, 5.74) is 5.84. The maximum absolute atomic E-state index is 14.8. The number of nitrogen functional groups attached to an aromatic ring is 1. The molecule has 0 aliphatic heterocycles. The molecule has 0 aliphatic carbocycles. The highest BCUT2D eigenvalue weighted by molar-refractivity contribution is 7.17. The van der Waals surface area contributed by atoms with Crippen molar-refractivity contribution in [1.82, 2.24) is 4.40 Å². The molecule has 0 saturated heterocycles. The first-order chi connectivity index (χ1) is 12.3. The van der Waals surface area contributed by atoms with Crippen LogP contribution in [-0.2, 0) is 0 Å². The Morgan fingerprint density at radius 3 is 2.54 bits per heavy atom. The van der Waals surface area contributed by atoms with Crippen LogP contribution in [-0.4, -0.2) is 15.5 Å². The number of nitrogens with zero attached hydrogens (tertiary/aromatic N) is 1. The third kappa shape index (κ3) is 2.14. The first kappa shape index (κ1) is 16.6. The van der Waals surface area contributed by atoms with Crippen molar-refractivity contribution < 1.29 is 14.3 Å². The first-order valence-electron chi connectivity index (χ1n) is 7.38. The second kappa shape index (κ2) is 5.55. The summed E-state index contributed by atoms with van der Waals surface area (Å²) < 4.78 is 16.8. The fourth-order valence-corrected chi connectivity index (χ4v) is 4.33. The highest BCUT2D eigenvalue weighted by Gasteiger charge is 2.25. The molecule has 2 aromatic heterocycles. The van der Waals surface area contributed by atoms with Gasteiger partial charge in [-0.1, -0.05) is 41.6 Å². The maximum atomic E-state index is 14.8. The van der Waals surface area contributed by atoms with Gasteiger partial charge in [0.25, 0.3) is 0 Å². The second-order valence-corrected chi connectivity index (χ2v) is 7.15. The van der Waals surface area contributed by atoms with Gasteiger partial charge in [0.05, 0.1) is 20.6 Å². The SMILES string of the molecule is C=c1sc2c(C(=O)O)c(=O)c3cc(F)c(-c4ccc(N)cc4)c(Cl)c3n12. The number of halogens is 2. The number of carbonyl (C=O) groups is 1. The lowest BCUT2D eigenvalue weighted by molar-refractivity contribution is 0.0697. The van der Waals surface area contributed by atoms with Gasteiger partial charge in [0, 0.05) is 11.3 Å². The van der Waals surface area contributed by atoms with Crippen LogP contribution in [0.2, 0.25) is 5.02 Å². The Hall–Kier alpha value is -2.90. The lowest BCUT2D eigenvalue weighted by Crippen LogP contribution is -2.25. The van der Waals surface area contributed by atoms with E-state index < -0.39 is 22.8 Å². The largest absolute Gasteiger partial charge is 0.477 e. The van der Waals surface area contributed by atoms with Crippen molar-refractivity contribution in [1.29, 1.82) is 0 Å². The molecule has 0 amide bonds. The molecule has 0 bridgehead atoms. The van der Waals surface area contributed by atoms with E-state index in [4.69, 9.17) is 17.3 Å². The number of rotatable bonds is 2. The van der Waals surface area contributed by atoms with Crippen molar-refractivity contribution in [3.8, 4) is 11.1 Å². The quantitative estimate of drug-likeness (QED) is 0.515. The molecule has 2 heterocycles. The molecule has 0 spiro atoms. The molecule has 8 heteroatoms. The molecule has 4 rings (SSSR count). The Bertz CT molecular complexity index is 1330. The lowest BCUT2D eigenvalue weighted by Gasteiger charge is -2.16. The molecular formula is C18H10ClFN2O3S. The van der Waals surface area contributed by atoms with Gasteiger partial charge in [-0.3, -0.25) is 9.20 Å². The van der Waals surface area contributed by atoms with Gasteiger partial charge in [0.2, 0.25) is 5.43 Å². The van der Waals surface area contributed by atoms with E-state index in [-0.39, 0.29) is 26.3 Å². The van der Waals surface area contributed by atoms with E-state index in [1.54, 1.807) is 24.3 Å². The second-order valence-electron chi connectivity index (χ2n) is 5.71. The molecule has 130 valence electrons. The molecule has 0 unspecified atom stereocenters. The summed E-state index contributed by atoms with van der Waals surface area (Å²) in [7, 11) is 0. The predicted octanol–water partition coefficient (Wildman–Crippen LogP) is 3.38. The molecule has 26 heavy (non-hydrogen) atoms. The van der Waals surface area contributed by atoms with Crippen LogP contribution in [0.25, 0.3) is 33.4 Å². The molecule has 0 atom stereocenters. The monoisotopic (exact) mass is 388 g/mol. The fraction of sp³-hybridized carbons (Fsp3) is 0. The topological polar surface area (TPSA) is 84.8 Å². The predicted molar refractivity (Wildman–Crippen MR) is 102 cm³/mol. The Balaban J connectivity index is 2.21. The summed E-state index contributed by atoms with van der Waals surface area (Å²) in [6, 6.07) is 7.49. The summed E-state index contributed by atoms with van der Waals surface area (Å²) in [5, 5.41) is 9.27. The zero-order valence-electron chi connectivity index (χ0n) is 13.0. The average Bonchev–Trinajstić information content (AvgIpc) is 2.57. The summed E-state index contributed by atoms with van der Waals surface area (Å²) in [6.07, 6.45) is 0. The van der Waals surface area contributed by atoms with Gasteiger partial charge in [0.15, 0.2) is 0 Å². The van der Waals surface area contributed by atoms with Gasteiger partial charge in [-0.15, -0.1) is 0 Å². The average molecular weight is 389 g/mol. The van der Waals surface area contributed by atoms with Gasteiger partial charge >= 0.3 is 5.97 Å². The zero-order chi connectivity index (χ0) is 18.7. The van der Waals surface area contributed by atoms with E-state index in [1.165, 1.54) is 4.40 Å². The Morgan fingerprint density at radius 1 is 1.31 bits per heavy atom. The van der Waals surface area contributed by atoms with Crippen LogP contribution in [0.5, 0.6) is 0 Å². The lowest BCUT2D eigenvalue weighted by atomic mass is 10.0. The number of carboxylic acid groups (broad SMARTS) is 1. The van der Waals surface area contributed by atoms with Crippen LogP contribution in [0.3, 0.4) is 0 Å². The fourth-order valence-electron chi connectivity index (χ4n) is 3.00. The van der Waals surface area contributed by atoms with Crippen LogP contribution in [0, 0.1) is 5.82 Å². The van der Waals surface area contributed by atoms with Crippen molar-refractivity contribution in [3.05, 3.63) is 61.6 Å². The van der Waals surface area contributed by atoms with E-state index >= 15 is 0 Å². The molecule has 2 aromatic carbocycles. The third-order valence-electron chi connectivity index (χ3n) is 4.18. The minimum absolute atomic E-state index is 0.0153. The Kier molecular flexibility index (Phi) is 3.54. The smallest absolute Gasteiger partial charge is 0.342 e. The van der Waals surface area contributed by atoms with E-state index in [9.17, 15) is 19.1 Å². The van der Waals surface area contributed by atoms with E-state index in [0.29, 0.717) is 15.9 Å². The number of fused-ring (bicyclic) bond motifs is 3. The standard InChI is InChI=1S/C18H10ClFN2O3S/c1-7-22-15-10(16(23)13(18(24)25)17(22)26-7)6-11(20)12(14(15)19)8-2-4-9(21)5-3-8/h2-6H,1,21H2,(H,24,25). The number of pyridine rings is 1. The third-order valence-corrected chi connectivity index (χ3v) is 5.55. The highest BCUT2D eigenvalue weighted by atomic mass is 35.5. The normalized spacial score (nSPS) is 11.5. The van der Waals surface area contributed by atoms with Gasteiger partial charge in [-0.05, 0) is 23.8 Å². The number of benzene rings is 2. The van der Waals surface area contributed by atoms with Gasteiger partial charge in [0.1, 0.15) is 16.2 Å². The van der Waals surface area contributed by atoms with Crippen LogP contribution < -0.4 is 15.8 Å². The maximum Gasteiger partial charge on any atom is 0.342 e. The van der Waals surface area contributed by atoms with E-state index in [2.05, 4.69) is 6.58 Å². The number of carboxylic acids is 1. The highest BCUT2D eigenvalue weighted by Crippen LogP contribution is 2.37. The molecule has 0 aliphatic rings. The van der Waals surface area contributed by atoms with Gasteiger partial charge in [-0.2, -0.15) is 0 Å². The number of aromatic nitrogens is 1. The van der Waals surface area contributed by atoms with Crippen molar-refractivity contribution in [2.75, 3.05) is 5.73 Å². The minimum Gasteiger partial charge on any atom is -0.477 e. The first-order valence-corrected chi connectivity index (χ1v) is 8.57. The number of aromatic carboxylic acids is 1. The van der Waals surface area contributed by atoms with Crippen LogP contribution in [0.1, 0.15) is 10.4 Å². The minimum atomic E-state index is -1.38. The summed E-state index contributed by atoms with van der Waals surface area (Å²) in [5.74, 6) is -2.10. The van der Waals surface area contributed by atoms with Gasteiger partial charge < -0.3 is 10.8 Å². The number of hydrogen-bond donors (Lipinski definition) is 2. The number of anilines is 1. The number of nitrogens with two attached hydrogens (primary N) is 1.